The first-order valence-electron chi connectivity index (χ1n) is 9.22. The van der Waals surface area contributed by atoms with Gasteiger partial charge in [0.2, 0.25) is 0 Å². The molecule has 3 fully saturated rings. The molecule has 1 aromatic heterocycles. The SMILES string of the molecule is Cc1ccc(S(=O)(=O)O)cc1.Cc1cnc(C(=O)N[C@H]2CN3CCC2CC3)s1. The number of benzene rings is 1. The van der Waals surface area contributed by atoms with Gasteiger partial charge in [0, 0.05) is 23.7 Å². The van der Waals surface area contributed by atoms with E-state index in [1.165, 1.54) is 49.4 Å². The third-order valence-corrected chi connectivity index (χ3v) is 6.89. The summed E-state index contributed by atoms with van der Waals surface area (Å²) in [6.45, 7) is 7.23. The third-order valence-electron chi connectivity index (χ3n) is 5.11. The van der Waals surface area contributed by atoms with Crippen molar-refractivity contribution >= 4 is 27.4 Å². The van der Waals surface area contributed by atoms with Crippen molar-refractivity contribution in [3.63, 3.8) is 0 Å². The summed E-state index contributed by atoms with van der Waals surface area (Å²) in [6, 6.07) is 6.32. The van der Waals surface area contributed by atoms with Crippen LogP contribution >= 0.6 is 11.3 Å². The van der Waals surface area contributed by atoms with E-state index in [4.69, 9.17) is 4.55 Å². The van der Waals surface area contributed by atoms with Gasteiger partial charge in [-0.3, -0.25) is 9.35 Å². The zero-order chi connectivity index (χ0) is 20.3. The maximum atomic E-state index is 12.0. The van der Waals surface area contributed by atoms with Crippen LogP contribution in [-0.4, -0.2) is 54.4 Å². The Balaban J connectivity index is 0.000000178. The number of fused-ring (bicyclic) bond motifs is 3. The molecule has 5 rings (SSSR count). The minimum absolute atomic E-state index is 0.00171. The normalized spacial score (nSPS) is 23.6. The summed E-state index contributed by atoms with van der Waals surface area (Å²) in [6.07, 6.45) is 4.21. The zero-order valence-electron chi connectivity index (χ0n) is 16.0. The van der Waals surface area contributed by atoms with Crippen LogP contribution in [0.25, 0.3) is 0 Å². The number of amides is 1. The Morgan fingerprint density at radius 3 is 2.32 bits per heavy atom. The molecule has 0 aliphatic carbocycles. The fourth-order valence-electron chi connectivity index (χ4n) is 3.53. The second-order valence-electron chi connectivity index (χ2n) is 7.28. The number of aryl methyl sites for hydroxylation is 2. The Hall–Kier alpha value is -1.81. The minimum Gasteiger partial charge on any atom is -0.346 e. The van der Waals surface area contributed by atoms with E-state index in [9.17, 15) is 13.2 Å². The number of carbonyl (C=O) groups excluding carboxylic acids is 1. The molecule has 4 heterocycles. The van der Waals surface area contributed by atoms with Crippen LogP contribution in [-0.2, 0) is 10.1 Å². The van der Waals surface area contributed by atoms with Gasteiger partial charge in [-0.2, -0.15) is 8.42 Å². The van der Waals surface area contributed by atoms with E-state index in [0.29, 0.717) is 17.0 Å². The molecule has 2 N–H and O–H groups in total. The quantitative estimate of drug-likeness (QED) is 0.736. The monoisotopic (exact) mass is 423 g/mol. The molecule has 152 valence electrons. The van der Waals surface area contributed by atoms with Gasteiger partial charge in [0.25, 0.3) is 16.0 Å². The molecule has 1 amide bonds. The molecule has 2 aromatic rings. The van der Waals surface area contributed by atoms with Crippen LogP contribution in [0.2, 0.25) is 0 Å². The van der Waals surface area contributed by atoms with Crippen LogP contribution in [0.5, 0.6) is 0 Å². The number of carbonyl (C=O) groups is 1. The van der Waals surface area contributed by atoms with Crippen LogP contribution in [0.1, 0.15) is 33.1 Å². The van der Waals surface area contributed by atoms with Gasteiger partial charge < -0.3 is 10.2 Å². The lowest BCUT2D eigenvalue weighted by atomic mass is 9.84. The number of aromatic nitrogens is 1. The van der Waals surface area contributed by atoms with E-state index in [-0.39, 0.29) is 10.8 Å². The third kappa shape index (κ3) is 5.38. The van der Waals surface area contributed by atoms with Crippen molar-refractivity contribution in [1.82, 2.24) is 15.2 Å². The Bertz CT molecular complexity index is 917. The van der Waals surface area contributed by atoms with Crippen molar-refractivity contribution in [3.8, 4) is 0 Å². The maximum absolute atomic E-state index is 12.0. The largest absolute Gasteiger partial charge is 0.346 e. The summed E-state index contributed by atoms with van der Waals surface area (Å²) in [5.74, 6) is 0.673. The summed E-state index contributed by atoms with van der Waals surface area (Å²) in [5, 5.41) is 3.74. The van der Waals surface area contributed by atoms with Gasteiger partial charge in [-0.05, 0) is 57.8 Å². The molecular formula is C19H25N3O4S2. The van der Waals surface area contributed by atoms with Crippen molar-refractivity contribution in [2.45, 2.75) is 37.6 Å². The smallest absolute Gasteiger partial charge is 0.294 e. The van der Waals surface area contributed by atoms with E-state index < -0.39 is 10.1 Å². The molecule has 0 spiro atoms. The molecule has 1 aromatic carbocycles. The molecule has 3 saturated heterocycles. The topological polar surface area (TPSA) is 99.6 Å². The first-order chi connectivity index (χ1) is 13.2. The van der Waals surface area contributed by atoms with Crippen LogP contribution < -0.4 is 5.32 Å². The van der Waals surface area contributed by atoms with Crippen molar-refractivity contribution < 1.29 is 17.8 Å². The van der Waals surface area contributed by atoms with Gasteiger partial charge in [-0.1, -0.05) is 17.7 Å². The molecule has 0 saturated carbocycles. The summed E-state index contributed by atoms with van der Waals surface area (Å²) < 4.78 is 29.6. The van der Waals surface area contributed by atoms with Crippen LogP contribution in [0.3, 0.4) is 0 Å². The van der Waals surface area contributed by atoms with Crippen LogP contribution in [0.4, 0.5) is 0 Å². The van der Waals surface area contributed by atoms with E-state index in [1.807, 2.05) is 13.8 Å². The second-order valence-corrected chi connectivity index (χ2v) is 9.94. The lowest BCUT2D eigenvalue weighted by Crippen LogP contribution is -2.57. The average molecular weight is 424 g/mol. The Morgan fingerprint density at radius 1 is 1.21 bits per heavy atom. The van der Waals surface area contributed by atoms with E-state index in [0.717, 1.165) is 17.0 Å². The summed E-state index contributed by atoms with van der Waals surface area (Å²) in [5.41, 5.74) is 0.956. The number of hydrogen-bond donors (Lipinski definition) is 2. The van der Waals surface area contributed by atoms with Gasteiger partial charge in [0.1, 0.15) is 0 Å². The van der Waals surface area contributed by atoms with Crippen LogP contribution in [0.15, 0.2) is 35.4 Å². The summed E-state index contributed by atoms with van der Waals surface area (Å²) >= 11 is 1.47. The first kappa shape index (κ1) is 20.9. The second kappa shape index (κ2) is 8.69. The molecule has 2 bridgehead atoms. The van der Waals surface area contributed by atoms with Crippen molar-refractivity contribution in [2.75, 3.05) is 19.6 Å². The van der Waals surface area contributed by atoms with Crippen molar-refractivity contribution in [3.05, 3.63) is 45.9 Å². The minimum atomic E-state index is -4.02. The fraction of sp³-hybridized carbons (Fsp3) is 0.474. The number of nitrogens with one attached hydrogen (secondary N) is 1. The average Bonchev–Trinajstić information content (AvgIpc) is 3.09. The number of hydrogen-bond acceptors (Lipinski definition) is 6. The Morgan fingerprint density at radius 2 is 1.86 bits per heavy atom. The predicted octanol–water partition coefficient (Wildman–Crippen LogP) is 2.52. The lowest BCUT2D eigenvalue weighted by molar-refractivity contribution is 0.0620. The molecule has 7 nitrogen and oxygen atoms in total. The van der Waals surface area contributed by atoms with Crippen LogP contribution in [0, 0.1) is 19.8 Å². The molecule has 0 unspecified atom stereocenters. The maximum Gasteiger partial charge on any atom is 0.294 e. The summed E-state index contributed by atoms with van der Waals surface area (Å²) in [4.78, 5) is 19.6. The highest BCUT2D eigenvalue weighted by atomic mass is 32.2. The predicted molar refractivity (Wildman–Crippen MR) is 108 cm³/mol. The Kier molecular flexibility index (Phi) is 6.49. The highest BCUT2D eigenvalue weighted by Crippen LogP contribution is 2.27. The molecular weight excluding hydrogens is 398 g/mol. The highest BCUT2D eigenvalue weighted by molar-refractivity contribution is 7.85. The van der Waals surface area contributed by atoms with Crippen molar-refractivity contribution in [1.29, 1.82) is 0 Å². The summed E-state index contributed by atoms with van der Waals surface area (Å²) in [7, 11) is -4.02. The van der Waals surface area contributed by atoms with Gasteiger partial charge in [-0.25, -0.2) is 4.98 Å². The van der Waals surface area contributed by atoms with E-state index >= 15 is 0 Å². The standard InChI is InChI=1S/C12H17N3OS.C7H8O3S/c1-8-6-13-12(17-8)11(16)14-10-7-15-4-2-9(10)3-5-15;1-6-2-4-7(5-3-6)11(8,9)10/h6,9-10H,2-5,7H2,1H3,(H,14,16);2-5H,1H3,(H,8,9,10)/t10-;/m0./s1. The number of rotatable bonds is 3. The number of piperidine rings is 3. The fourth-order valence-corrected chi connectivity index (χ4v) is 4.68. The Labute approximate surface area is 169 Å². The van der Waals surface area contributed by atoms with Gasteiger partial charge in [-0.15, -0.1) is 11.3 Å². The van der Waals surface area contributed by atoms with Gasteiger partial charge >= 0.3 is 0 Å². The zero-order valence-corrected chi connectivity index (χ0v) is 17.6. The molecule has 3 aliphatic heterocycles. The number of nitrogens with zero attached hydrogens (tertiary/aromatic N) is 2. The van der Waals surface area contributed by atoms with Gasteiger partial charge in [0.05, 0.1) is 4.90 Å². The van der Waals surface area contributed by atoms with Crippen molar-refractivity contribution in [2.24, 2.45) is 5.92 Å². The molecule has 9 heteroatoms. The molecule has 0 radical (unpaired) electrons. The van der Waals surface area contributed by atoms with Gasteiger partial charge in [0.15, 0.2) is 5.01 Å². The van der Waals surface area contributed by atoms with E-state index in [1.54, 1.807) is 18.3 Å². The molecule has 28 heavy (non-hydrogen) atoms. The molecule has 3 aliphatic rings. The highest BCUT2D eigenvalue weighted by Gasteiger charge is 2.35. The number of thiazole rings is 1. The molecule has 1 atom stereocenters. The lowest BCUT2D eigenvalue weighted by Gasteiger charge is -2.44. The first-order valence-corrected chi connectivity index (χ1v) is 11.5. The van der Waals surface area contributed by atoms with E-state index in [2.05, 4.69) is 15.2 Å².